The van der Waals surface area contributed by atoms with Crippen LogP contribution in [0.4, 0.5) is 0 Å². The van der Waals surface area contributed by atoms with Gasteiger partial charge in [-0.15, -0.1) is 0 Å². The summed E-state index contributed by atoms with van der Waals surface area (Å²) in [7, 11) is 1.72. The van der Waals surface area contributed by atoms with Crippen molar-refractivity contribution in [2.75, 3.05) is 7.11 Å². The van der Waals surface area contributed by atoms with Gasteiger partial charge in [0.1, 0.15) is 5.75 Å². The fraction of sp³-hybridized carbons (Fsp3) is 0.130. The molecular weight excluding hydrogens is 328 g/mol. The van der Waals surface area contributed by atoms with Crippen molar-refractivity contribution in [1.29, 1.82) is 0 Å². The second-order valence-electron chi connectivity index (χ2n) is 6.17. The van der Waals surface area contributed by atoms with Crippen LogP contribution in [0.5, 0.6) is 5.75 Å². The number of hydrogen-bond donors (Lipinski definition) is 0. The first kappa shape index (κ1) is 16.0. The zero-order valence-corrected chi connectivity index (χ0v) is 14.9. The molecule has 1 nitrogen and oxygen atoms in total. The van der Waals surface area contributed by atoms with E-state index in [4.69, 9.17) is 16.3 Å². The molecule has 2 heteroatoms. The van der Waals surface area contributed by atoms with E-state index in [-0.39, 0.29) is 0 Å². The molecule has 25 heavy (non-hydrogen) atoms. The first-order valence-corrected chi connectivity index (χ1v) is 8.88. The minimum Gasteiger partial charge on any atom is -0.496 e. The first-order chi connectivity index (χ1) is 12.3. The molecule has 0 unspecified atom stereocenters. The van der Waals surface area contributed by atoms with E-state index in [1.165, 1.54) is 22.1 Å². The van der Waals surface area contributed by atoms with Crippen molar-refractivity contribution in [1.82, 2.24) is 0 Å². The Morgan fingerprint density at radius 2 is 1.60 bits per heavy atom. The lowest BCUT2D eigenvalue weighted by atomic mass is 9.86. The van der Waals surface area contributed by atoms with E-state index in [1.54, 1.807) is 7.11 Å². The van der Waals surface area contributed by atoms with Crippen LogP contribution in [0.1, 0.15) is 24.0 Å². The van der Waals surface area contributed by atoms with Gasteiger partial charge < -0.3 is 4.74 Å². The Morgan fingerprint density at radius 3 is 2.40 bits per heavy atom. The predicted molar refractivity (Wildman–Crippen MR) is 107 cm³/mol. The highest BCUT2D eigenvalue weighted by molar-refractivity contribution is 6.33. The summed E-state index contributed by atoms with van der Waals surface area (Å²) in [5.74, 6) is 0.908. The largest absolute Gasteiger partial charge is 0.496 e. The Hall–Kier alpha value is -2.51. The zero-order valence-electron chi connectivity index (χ0n) is 14.1. The minimum absolute atomic E-state index is 0.791. The summed E-state index contributed by atoms with van der Waals surface area (Å²) in [5.41, 5.74) is 4.91. The SMILES string of the molecule is COc1ccc(C2=C(c3ccccc3Cl)C=CCC2)c2ccccc12. The fourth-order valence-electron chi connectivity index (χ4n) is 3.59. The van der Waals surface area contributed by atoms with Crippen molar-refractivity contribution in [2.24, 2.45) is 0 Å². The van der Waals surface area contributed by atoms with Gasteiger partial charge in [-0.3, -0.25) is 0 Å². The standard InChI is InChI=1S/C23H19ClO/c1-25-23-15-14-19(18-10-4-5-12-21(18)23)16-8-2-3-9-17(16)20-11-6-7-13-22(20)24/h3-7,9-15H,2,8H2,1H3. The van der Waals surface area contributed by atoms with Crippen molar-refractivity contribution in [2.45, 2.75) is 12.8 Å². The van der Waals surface area contributed by atoms with Crippen molar-refractivity contribution >= 4 is 33.5 Å². The molecule has 0 amide bonds. The number of fused-ring (bicyclic) bond motifs is 1. The average Bonchev–Trinajstić information content (AvgIpc) is 2.67. The monoisotopic (exact) mass is 346 g/mol. The van der Waals surface area contributed by atoms with Crippen LogP contribution in [0, 0.1) is 0 Å². The molecule has 0 spiro atoms. The molecule has 0 aliphatic heterocycles. The number of halogens is 1. The van der Waals surface area contributed by atoms with Crippen molar-refractivity contribution in [3.05, 3.63) is 89.0 Å². The maximum Gasteiger partial charge on any atom is 0.126 e. The van der Waals surface area contributed by atoms with Gasteiger partial charge >= 0.3 is 0 Å². The molecule has 1 aliphatic rings. The summed E-state index contributed by atoms with van der Waals surface area (Å²) in [4.78, 5) is 0. The zero-order chi connectivity index (χ0) is 17.2. The van der Waals surface area contributed by atoms with E-state index in [9.17, 15) is 0 Å². The highest BCUT2D eigenvalue weighted by Crippen LogP contribution is 2.41. The quantitative estimate of drug-likeness (QED) is 0.509. The molecule has 0 saturated carbocycles. The summed E-state index contributed by atoms with van der Waals surface area (Å²) in [6, 6.07) is 20.7. The molecule has 3 aromatic carbocycles. The lowest BCUT2D eigenvalue weighted by Gasteiger charge is -2.20. The highest BCUT2D eigenvalue weighted by atomic mass is 35.5. The van der Waals surface area contributed by atoms with E-state index in [0.29, 0.717) is 0 Å². The molecule has 1 aliphatic carbocycles. The van der Waals surface area contributed by atoms with E-state index >= 15 is 0 Å². The van der Waals surface area contributed by atoms with Crippen LogP contribution in [0.3, 0.4) is 0 Å². The minimum atomic E-state index is 0.791. The Labute approximate surface area is 153 Å². The Morgan fingerprint density at radius 1 is 0.840 bits per heavy atom. The molecular formula is C23H19ClO. The smallest absolute Gasteiger partial charge is 0.126 e. The van der Waals surface area contributed by atoms with Gasteiger partial charge in [0.05, 0.1) is 7.11 Å². The van der Waals surface area contributed by atoms with Gasteiger partial charge in [0.25, 0.3) is 0 Å². The van der Waals surface area contributed by atoms with Crippen LogP contribution in [0.2, 0.25) is 5.02 Å². The van der Waals surface area contributed by atoms with Gasteiger partial charge in [-0.05, 0) is 47.1 Å². The summed E-state index contributed by atoms with van der Waals surface area (Å²) in [5, 5.41) is 3.15. The summed E-state index contributed by atoms with van der Waals surface area (Å²) in [6.07, 6.45) is 6.49. The lowest BCUT2D eigenvalue weighted by Crippen LogP contribution is -1.97. The van der Waals surface area contributed by atoms with E-state index in [1.807, 2.05) is 18.2 Å². The Balaban J connectivity index is 2.01. The molecule has 0 aromatic heterocycles. The molecule has 0 radical (unpaired) electrons. The van der Waals surface area contributed by atoms with Gasteiger partial charge in [0, 0.05) is 16.0 Å². The van der Waals surface area contributed by atoms with Crippen molar-refractivity contribution < 1.29 is 4.74 Å². The predicted octanol–water partition coefficient (Wildman–Crippen LogP) is 6.76. The van der Waals surface area contributed by atoms with Crippen molar-refractivity contribution in [3.8, 4) is 5.75 Å². The molecule has 3 aromatic rings. The van der Waals surface area contributed by atoms with E-state index < -0.39 is 0 Å². The summed E-state index contributed by atoms with van der Waals surface area (Å²) >= 11 is 6.49. The van der Waals surface area contributed by atoms with Gasteiger partial charge in [-0.2, -0.15) is 0 Å². The van der Waals surface area contributed by atoms with E-state index in [0.717, 1.165) is 34.6 Å². The van der Waals surface area contributed by atoms with E-state index in [2.05, 4.69) is 54.6 Å². The average molecular weight is 347 g/mol. The summed E-state index contributed by atoms with van der Waals surface area (Å²) in [6.45, 7) is 0. The highest BCUT2D eigenvalue weighted by Gasteiger charge is 2.17. The second kappa shape index (κ2) is 6.78. The van der Waals surface area contributed by atoms with Crippen LogP contribution in [-0.4, -0.2) is 7.11 Å². The Kier molecular flexibility index (Phi) is 4.33. The molecule has 0 saturated heterocycles. The van der Waals surface area contributed by atoms with Crippen LogP contribution < -0.4 is 4.74 Å². The molecule has 4 rings (SSSR count). The van der Waals surface area contributed by atoms with Gasteiger partial charge in [-0.1, -0.05) is 72.3 Å². The number of allylic oxidation sites excluding steroid dienone is 4. The third-order valence-electron chi connectivity index (χ3n) is 4.76. The topological polar surface area (TPSA) is 9.23 Å². The molecule has 0 heterocycles. The number of benzene rings is 3. The Bertz CT molecular complexity index is 998. The molecule has 0 atom stereocenters. The maximum absolute atomic E-state index is 6.49. The van der Waals surface area contributed by atoms with Gasteiger partial charge in [0.15, 0.2) is 0 Å². The van der Waals surface area contributed by atoms with Crippen LogP contribution >= 0.6 is 11.6 Å². The van der Waals surface area contributed by atoms with Crippen molar-refractivity contribution in [3.63, 3.8) is 0 Å². The van der Waals surface area contributed by atoms with Gasteiger partial charge in [0.2, 0.25) is 0 Å². The normalized spacial score (nSPS) is 14.2. The third-order valence-corrected chi connectivity index (χ3v) is 5.09. The number of methoxy groups -OCH3 is 1. The number of rotatable bonds is 3. The molecule has 124 valence electrons. The maximum atomic E-state index is 6.49. The summed E-state index contributed by atoms with van der Waals surface area (Å²) < 4.78 is 5.55. The van der Waals surface area contributed by atoms with Gasteiger partial charge in [-0.25, -0.2) is 0 Å². The fourth-order valence-corrected chi connectivity index (χ4v) is 3.83. The third kappa shape index (κ3) is 2.85. The number of hydrogen-bond acceptors (Lipinski definition) is 1. The lowest BCUT2D eigenvalue weighted by molar-refractivity contribution is 0.420. The van der Waals surface area contributed by atoms with Crippen LogP contribution in [-0.2, 0) is 0 Å². The van der Waals surface area contributed by atoms with Crippen LogP contribution in [0.15, 0.2) is 72.8 Å². The molecule has 0 fully saturated rings. The first-order valence-electron chi connectivity index (χ1n) is 8.50. The second-order valence-corrected chi connectivity index (χ2v) is 6.58. The number of ether oxygens (including phenoxy) is 1. The van der Waals surface area contributed by atoms with Crippen LogP contribution in [0.25, 0.3) is 21.9 Å². The molecule has 0 N–H and O–H groups in total. The molecule has 0 bridgehead atoms.